The molecule has 0 heteroatoms. The van der Waals surface area contributed by atoms with Gasteiger partial charge in [-0.15, -0.1) is 0 Å². The first-order valence-corrected chi connectivity index (χ1v) is 9.18. The van der Waals surface area contributed by atoms with Crippen molar-refractivity contribution in [3.8, 4) is 0 Å². The van der Waals surface area contributed by atoms with Crippen LogP contribution in [0.5, 0.6) is 0 Å². The molecule has 3 aromatic rings. The summed E-state index contributed by atoms with van der Waals surface area (Å²) in [6, 6.07) is 27.0. The molecule has 0 spiro atoms. The van der Waals surface area contributed by atoms with Crippen LogP contribution in [0, 0.1) is 5.92 Å². The summed E-state index contributed by atoms with van der Waals surface area (Å²) in [5.41, 5.74) is 8.55. The first-order valence-electron chi connectivity index (χ1n) is 9.18. The largest absolute Gasteiger partial charge is 0.0637 e. The monoisotopic (exact) mass is 325 g/mol. The third-order valence-electron chi connectivity index (χ3n) is 5.28. The molecule has 1 aliphatic rings. The normalized spacial score (nSPS) is 13.8. The van der Waals surface area contributed by atoms with E-state index in [9.17, 15) is 0 Å². The predicted octanol–water partition coefficient (Wildman–Crippen LogP) is 6.10. The van der Waals surface area contributed by atoms with Crippen LogP contribution in [0.15, 0.2) is 72.8 Å². The average Bonchev–Trinajstić information content (AvgIpc) is 2.78. The van der Waals surface area contributed by atoms with Crippen molar-refractivity contribution in [1.82, 2.24) is 0 Å². The number of benzene rings is 3. The molecule has 0 saturated heterocycles. The minimum absolute atomic E-state index is 0.183. The van der Waals surface area contributed by atoms with Gasteiger partial charge in [-0.2, -0.15) is 0 Å². The highest BCUT2D eigenvalue weighted by Gasteiger charge is 2.30. The minimum Gasteiger partial charge on any atom is -0.0560 e. The molecule has 0 fully saturated rings. The van der Waals surface area contributed by atoms with Crippen molar-refractivity contribution >= 4 is 0 Å². The maximum atomic E-state index is 2.30. The standard InChI is InChI=1S/C25H25/c1-25(2,3)21-16-14-20(15-17-21)24-22-10-6-4-8-18(22)12-13-19-9-5-7-11-23(19)24/h4-11,14-17H,12-13H2,1-3H3/q+1. The van der Waals surface area contributed by atoms with Crippen LogP contribution in [0.3, 0.4) is 0 Å². The molecule has 0 unspecified atom stereocenters. The molecular formula is C25H25+. The molecule has 0 heterocycles. The molecule has 3 aromatic carbocycles. The van der Waals surface area contributed by atoms with Crippen molar-refractivity contribution in [1.29, 1.82) is 0 Å². The van der Waals surface area contributed by atoms with Crippen LogP contribution in [0.25, 0.3) is 0 Å². The zero-order valence-electron chi connectivity index (χ0n) is 15.3. The average molecular weight is 325 g/mol. The Morgan fingerprint density at radius 1 is 0.640 bits per heavy atom. The fraction of sp³-hybridized carbons (Fsp3) is 0.240. The second kappa shape index (κ2) is 6.11. The Hall–Kier alpha value is -2.47. The van der Waals surface area contributed by atoms with Gasteiger partial charge in [0.05, 0.1) is 22.6 Å². The van der Waals surface area contributed by atoms with E-state index in [2.05, 4.69) is 93.6 Å². The first kappa shape index (κ1) is 16.0. The summed E-state index contributed by atoms with van der Waals surface area (Å²) in [6.45, 7) is 6.81. The maximum absolute atomic E-state index is 2.30. The second-order valence-corrected chi connectivity index (χ2v) is 8.02. The van der Waals surface area contributed by atoms with Crippen molar-refractivity contribution < 1.29 is 0 Å². The molecule has 0 saturated carbocycles. The Balaban J connectivity index is 1.88. The Bertz CT molecular complexity index is 831. The van der Waals surface area contributed by atoms with E-state index >= 15 is 0 Å². The zero-order valence-corrected chi connectivity index (χ0v) is 15.3. The van der Waals surface area contributed by atoms with Crippen LogP contribution in [0.2, 0.25) is 0 Å². The van der Waals surface area contributed by atoms with Crippen LogP contribution in [-0.4, -0.2) is 0 Å². The van der Waals surface area contributed by atoms with Crippen LogP contribution < -0.4 is 0 Å². The summed E-state index contributed by atoms with van der Waals surface area (Å²) in [7, 11) is 0. The lowest BCUT2D eigenvalue weighted by molar-refractivity contribution is 0.590. The predicted molar refractivity (Wildman–Crippen MR) is 106 cm³/mol. The van der Waals surface area contributed by atoms with Gasteiger partial charge < -0.3 is 0 Å². The van der Waals surface area contributed by atoms with Crippen molar-refractivity contribution in [2.75, 3.05) is 0 Å². The molecule has 0 bridgehead atoms. The number of rotatable bonds is 1. The summed E-state index contributed by atoms with van der Waals surface area (Å²) in [5, 5.41) is 0. The quantitative estimate of drug-likeness (QED) is 0.474. The highest BCUT2D eigenvalue weighted by molar-refractivity contribution is 5.63. The Kier molecular flexibility index (Phi) is 3.92. The molecule has 0 atom stereocenters. The Labute approximate surface area is 151 Å². The van der Waals surface area contributed by atoms with E-state index in [4.69, 9.17) is 0 Å². The van der Waals surface area contributed by atoms with Gasteiger partial charge in [-0.05, 0) is 71.6 Å². The third kappa shape index (κ3) is 2.98. The topological polar surface area (TPSA) is 0 Å². The summed E-state index contributed by atoms with van der Waals surface area (Å²) >= 11 is 0. The number of aryl methyl sites for hydroxylation is 2. The Morgan fingerprint density at radius 3 is 1.60 bits per heavy atom. The molecular weight excluding hydrogens is 300 g/mol. The molecule has 0 N–H and O–H groups in total. The molecule has 0 amide bonds. The molecule has 124 valence electrons. The molecule has 0 aliphatic heterocycles. The lowest BCUT2D eigenvalue weighted by atomic mass is 9.80. The van der Waals surface area contributed by atoms with Gasteiger partial charge in [0.15, 0.2) is 0 Å². The smallest absolute Gasteiger partial charge is 0.0560 e. The van der Waals surface area contributed by atoms with Crippen LogP contribution >= 0.6 is 0 Å². The van der Waals surface area contributed by atoms with Crippen molar-refractivity contribution in [2.45, 2.75) is 39.0 Å². The van der Waals surface area contributed by atoms with Gasteiger partial charge in [0.2, 0.25) is 0 Å². The van der Waals surface area contributed by atoms with E-state index in [1.54, 1.807) is 0 Å². The van der Waals surface area contributed by atoms with E-state index in [0.717, 1.165) is 12.8 Å². The van der Waals surface area contributed by atoms with Gasteiger partial charge in [0.25, 0.3) is 0 Å². The van der Waals surface area contributed by atoms with Crippen molar-refractivity contribution in [3.05, 3.63) is 112 Å². The highest BCUT2D eigenvalue weighted by Crippen LogP contribution is 2.38. The van der Waals surface area contributed by atoms with E-state index in [0.29, 0.717) is 0 Å². The van der Waals surface area contributed by atoms with E-state index in [1.165, 1.54) is 39.3 Å². The lowest BCUT2D eigenvalue weighted by Crippen LogP contribution is -2.12. The van der Waals surface area contributed by atoms with Crippen LogP contribution in [0.4, 0.5) is 0 Å². The van der Waals surface area contributed by atoms with E-state index in [1.807, 2.05) is 0 Å². The van der Waals surface area contributed by atoms with E-state index in [-0.39, 0.29) is 5.41 Å². The SMILES string of the molecule is CC(C)(C)c1ccc([C+]2c3ccccc3CCc3ccccc32)cc1. The second-order valence-electron chi connectivity index (χ2n) is 8.02. The fourth-order valence-corrected chi connectivity index (χ4v) is 3.83. The van der Waals surface area contributed by atoms with Crippen LogP contribution in [0.1, 0.15) is 54.2 Å². The molecule has 0 aromatic heterocycles. The van der Waals surface area contributed by atoms with Crippen LogP contribution in [-0.2, 0) is 18.3 Å². The van der Waals surface area contributed by atoms with Gasteiger partial charge in [-0.25, -0.2) is 0 Å². The first-order chi connectivity index (χ1) is 12.0. The zero-order chi connectivity index (χ0) is 17.4. The van der Waals surface area contributed by atoms with Gasteiger partial charge >= 0.3 is 0 Å². The van der Waals surface area contributed by atoms with Gasteiger partial charge in [-0.3, -0.25) is 0 Å². The number of fused-ring (bicyclic) bond motifs is 2. The molecule has 1 aliphatic carbocycles. The summed E-state index contributed by atoms with van der Waals surface area (Å²) in [5.74, 6) is 1.38. The van der Waals surface area contributed by atoms with E-state index < -0.39 is 0 Å². The number of hydrogen-bond donors (Lipinski definition) is 0. The van der Waals surface area contributed by atoms with Gasteiger partial charge in [0, 0.05) is 24.0 Å². The maximum Gasteiger partial charge on any atom is 0.0637 e. The Morgan fingerprint density at radius 2 is 1.12 bits per heavy atom. The van der Waals surface area contributed by atoms with Gasteiger partial charge in [0.1, 0.15) is 0 Å². The van der Waals surface area contributed by atoms with Crippen molar-refractivity contribution in [2.24, 2.45) is 0 Å². The lowest BCUT2D eigenvalue weighted by Gasteiger charge is -2.20. The molecule has 0 nitrogen and oxygen atoms in total. The summed E-state index contributed by atoms with van der Waals surface area (Å²) in [4.78, 5) is 0. The molecule has 25 heavy (non-hydrogen) atoms. The fourth-order valence-electron chi connectivity index (χ4n) is 3.83. The summed E-state index contributed by atoms with van der Waals surface area (Å²) in [6.07, 6.45) is 2.22. The highest BCUT2D eigenvalue weighted by atomic mass is 14.3. The minimum atomic E-state index is 0.183. The third-order valence-corrected chi connectivity index (χ3v) is 5.28. The molecule has 4 rings (SSSR count). The number of hydrogen-bond acceptors (Lipinski definition) is 0. The van der Waals surface area contributed by atoms with Gasteiger partial charge in [-0.1, -0.05) is 32.9 Å². The summed E-state index contributed by atoms with van der Waals surface area (Å²) < 4.78 is 0. The van der Waals surface area contributed by atoms with Crippen molar-refractivity contribution in [3.63, 3.8) is 0 Å². The molecule has 0 radical (unpaired) electrons.